The van der Waals surface area contributed by atoms with Gasteiger partial charge in [0.05, 0.1) is 24.8 Å². The number of carbonyl (C=O) groups is 2. The summed E-state index contributed by atoms with van der Waals surface area (Å²) < 4.78 is 23.7. The highest BCUT2D eigenvalue weighted by Gasteiger charge is 2.39. The lowest BCUT2D eigenvalue weighted by Gasteiger charge is -2.27. The van der Waals surface area contributed by atoms with E-state index < -0.39 is 23.4 Å². The molecule has 3 N–H and O–H groups in total. The molecule has 0 fully saturated rings. The number of amides is 2. The number of likely N-dealkylation sites (N-methyl/N-ethyl adjacent to an activating group) is 1. The number of anilines is 2. The third kappa shape index (κ3) is 4.54. The van der Waals surface area contributed by atoms with Crippen molar-refractivity contribution >= 4 is 45.2 Å². The zero-order valence-electron chi connectivity index (χ0n) is 19.4. The molecule has 3 aromatic rings. The van der Waals surface area contributed by atoms with Gasteiger partial charge in [-0.3, -0.25) is 9.59 Å². The summed E-state index contributed by atoms with van der Waals surface area (Å²) in [6.07, 6.45) is 0. The number of benzene rings is 3. The maximum atomic E-state index is 13.9. The number of aryl methyl sites for hydroxylation is 1. The fraction of sp³-hybridized carbons (Fsp3) is 0.280. The largest absolute Gasteiger partial charge is 0.341 e. The van der Waals surface area contributed by atoms with Crippen LogP contribution in [0, 0.1) is 6.92 Å². The molecule has 0 aliphatic carbocycles. The van der Waals surface area contributed by atoms with Gasteiger partial charge in [0, 0.05) is 0 Å². The average Bonchev–Trinajstić information content (AvgIpc) is 2.95. The van der Waals surface area contributed by atoms with Gasteiger partial charge in [0.25, 0.3) is 5.91 Å². The Bertz CT molecular complexity index is 1260. The normalized spacial score (nSPS) is 17.8. The second-order valence-electron chi connectivity index (χ2n) is 8.40. The minimum Gasteiger partial charge on any atom is -0.341 e. The zero-order chi connectivity index (χ0) is 24.4. The standard InChI is InChI=1S/C25H28N4O4S/c1-16-12-13-18-8-4-5-9-19(18)20(16)14-28-22-10-6-7-11-23(22)29(34(32)33)15-21(25(28)31)27-24(30)17(2)26-3/h4-13,17,21,26H,14-15H2,1-3H3,(H,27,30)(H,32,33)/p+1/t17-,21-/m0/s1. The summed E-state index contributed by atoms with van der Waals surface area (Å²) in [6.45, 7) is 3.83. The summed E-state index contributed by atoms with van der Waals surface area (Å²) in [5.41, 5.74) is 3.01. The second-order valence-corrected chi connectivity index (χ2v) is 9.39. The van der Waals surface area contributed by atoms with E-state index in [4.69, 9.17) is 0 Å². The van der Waals surface area contributed by atoms with E-state index >= 15 is 0 Å². The van der Waals surface area contributed by atoms with Crippen molar-refractivity contribution in [3.8, 4) is 0 Å². The molecule has 34 heavy (non-hydrogen) atoms. The highest BCUT2D eigenvalue weighted by molar-refractivity contribution is 7.80. The molecule has 4 rings (SSSR count). The van der Waals surface area contributed by atoms with Crippen LogP contribution in [0.1, 0.15) is 18.1 Å². The first-order valence-electron chi connectivity index (χ1n) is 11.1. The van der Waals surface area contributed by atoms with E-state index in [1.165, 1.54) is 4.31 Å². The molecule has 3 aromatic carbocycles. The summed E-state index contributed by atoms with van der Waals surface area (Å²) >= 11 is -2.79. The van der Waals surface area contributed by atoms with Crippen molar-refractivity contribution in [2.75, 3.05) is 22.8 Å². The van der Waals surface area contributed by atoms with Crippen LogP contribution in [0.3, 0.4) is 0 Å². The van der Waals surface area contributed by atoms with E-state index in [1.54, 1.807) is 43.1 Å². The predicted molar refractivity (Wildman–Crippen MR) is 136 cm³/mol. The van der Waals surface area contributed by atoms with E-state index in [9.17, 15) is 18.4 Å². The number of rotatable bonds is 6. The van der Waals surface area contributed by atoms with Crippen LogP contribution in [0.25, 0.3) is 10.8 Å². The lowest BCUT2D eigenvalue weighted by Crippen LogP contribution is -2.55. The van der Waals surface area contributed by atoms with Crippen molar-refractivity contribution in [1.29, 1.82) is 0 Å². The van der Waals surface area contributed by atoms with Crippen LogP contribution in [0.15, 0.2) is 60.7 Å². The van der Waals surface area contributed by atoms with E-state index in [0.717, 1.165) is 21.9 Å². The molecular formula is C25H29N4O4S+. The Kier molecular flexibility index (Phi) is 6.97. The fourth-order valence-electron chi connectivity index (χ4n) is 4.24. The van der Waals surface area contributed by atoms with Crippen LogP contribution in [0.2, 0.25) is 0 Å². The van der Waals surface area contributed by atoms with Gasteiger partial charge in [-0.1, -0.05) is 48.5 Å². The Balaban J connectivity index is 1.83. The molecule has 1 heterocycles. The average molecular weight is 482 g/mol. The molecule has 0 bridgehead atoms. The molecule has 1 aliphatic rings. The quantitative estimate of drug-likeness (QED) is 0.371. The number of nitrogens with one attached hydrogen (secondary N) is 2. The first-order valence-corrected chi connectivity index (χ1v) is 12.3. The van der Waals surface area contributed by atoms with Gasteiger partial charge in [-0.25, -0.2) is 0 Å². The van der Waals surface area contributed by atoms with Gasteiger partial charge in [0.2, 0.25) is 5.91 Å². The molecule has 0 spiro atoms. The number of carbonyl (C=O) groups excluding carboxylic acids is 2. The van der Waals surface area contributed by atoms with Crippen LogP contribution in [-0.2, 0) is 31.6 Å². The minimum absolute atomic E-state index is 0.116. The number of nitrogens with zero attached hydrogens (tertiary/aromatic N) is 2. The number of hydrogen-bond donors (Lipinski definition) is 3. The lowest BCUT2D eigenvalue weighted by molar-refractivity contribution is -0.128. The van der Waals surface area contributed by atoms with Gasteiger partial charge in [-0.15, -0.1) is 0 Å². The van der Waals surface area contributed by atoms with E-state index in [1.807, 2.05) is 43.3 Å². The molecule has 0 saturated carbocycles. The Hall–Kier alpha value is -3.27. The number of hydrogen-bond acceptors (Lipinski definition) is 4. The molecule has 8 nitrogen and oxygen atoms in total. The Morgan fingerprint density at radius 2 is 1.79 bits per heavy atom. The second kappa shape index (κ2) is 9.92. The molecule has 0 radical (unpaired) electrons. The van der Waals surface area contributed by atoms with Crippen LogP contribution in [-0.4, -0.2) is 42.0 Å². The van der Waals surface area contributed by atoms with Crippen molar-refractivity contribution in [3.05, 3.63) is 71.8 Å². The fourth-order valence-corrected chi connectivity index (χ4v) is 4.90. The van der Waals surface area contributed by atoms with Crippen LogP contribution in [0.4, 0.5) is 11.4 Å². The minimum atomic E-state index is -2.79. The predicted octanol–water partition coefficient (Wildman–Crippen LogP) is 2.68. The molecular weight excluding hydrogens is 452 g/mol. The maximum absolute atomic E-state index is 13.9. The SMILES string of the molecule is CN[C@@H](C)C(=O)N[C@H]1CN([SH+](=O)O)c2ccccc2N(Cc2c(C)ccc3ccccc23)C1=O. The summed E-state index contributed by atoms with van der Waals surface area (Å²) in [5.74, 6) is -0.697. The monoisotopic (exact) mass is 481 g/mol. The summed E-state index contributed by atoms with van der Waals surface area (Å²) in [5, 5.41) is 7.72. The topological polar surface area (TPSA) is 102 Å². The smallest absolute Gasteiger partial charge is 0.300 e. The Morgan fingerprint density at radius 1 is 1.12 bits per heavy atom. The van der Waals surface area contributed by atoms with Gasteiger partial charge in [0.15, 0.2) is 0 Å². The van der Waals surface area contributed by atoms with Crippen molar-refractivity contribution < 1.29 is 18.4 Å². The van der Waals surface area contributed by atoms with Gasteiger partial charge in [-0.2, -0.15) is 8.86 Å². The number of para-hydroxylation sites is 2. The molecule has 3 atom stereocenters. The summed E-state index contributed by atoms with van der Waals surface area (Å²) in [4.78, 5) is 28.1. The van der Waals surface area contributed by atoms with Crippen molar-refractivity contribution in [3.63, 3.8) is 0 Å². The van der Waals surface area contributed by atoms with Crippen LogP contribution >= 0.6 is 0 Å². The Labute approximate surface area is 201 Å². The first kappa shape index (κ1) is 23.9. The first-order chi connectivity index (χ1) is 16.3. The van der Waals surface area contributed by atoms with Gasteiger partial charge >= 0.3 is 11.3 Å². The van der Waals surface area contributed by atoms with E-state index in [-0.39, 0.29) is 24.9 Å². The summed E-state index contributed by atoms with van der Waals surface area (Å²) in [7, 11) is 1.65. The van der Waals surface area contributed by atoms with E-state index in [2.05, 4.69) is 10.6 Å². The van der Waals surface area contributed by atoms with Crippen molar-refractivity contribution in [1.82, 2.24) is 10.6 Å². The van der Waals surface area contributed by atoms with Crippen molar-refractivity contribution in [2.24, 2.45) is 0 Å². The van der Waals surface area contributed by atoms with Crippen molar-refractivity contribution in [2.45, 2.75) is 32.5 Å². The molecule has 2 amide bonds. The third-order valence-electron chi connectivity index (χ3n) is 6.31. The highest BCUT2D eigenvalue weighted by atomic mass is 32.2. The summed E-state index contributed by atoms with van der Waals surface area (Å²) in [6, 6.07) is 17.6. The van der Waals surface area contributed by atoms with Gasteiger partial charge in [-0.05, 0) is 59.1 Å². The van der Waals surface area contributed by atoms with Crippen LogP contribution in [0.5, 0.6) is 0 Å². The highest BCUT2D eigenvalue weighted by Crippen LogP contribution is 2.36. The van der Waals surface area contributed by atoms with E-state index in [0.29, 0.717) is 11.4 Å². The van der Waals surface area contributed by atoms with Gasteiger partial charge < -0.3 is 15.5 Å². The Morgan fingerprint density at radius 3 is 2.50 bits per heavy atom. The maximum Gasteiger partial charge on any atom is 0.300 e. The molecule has 9 heteroatoms. The lowest BCUT2D eigenvalue weighted by atomic mass is 9.99. The third-order valence-corrected chi connectivity index (χ3v) is 7.10. The molecule has 1 aliphatic heterocycles. The number of thiol groups is 1. The molecule has 0 saturated heterocycles. The zero-order valence-corrected chi connectivity index (χ0v) is 20.3. The van der Waals surface area contributed by atoms with Crippen LogP contribution < -0.4 is 19.8 Å². The van der Waals surface area contributed by atoms with Gasteiger partial charge in [0.1, 0.15) is 11.7 Å². The molecule has 178 valence electrons. The number of fused-ring (bicyclic) bond motifs is 2. The molecule has 1 unspecified atom stereocenters. The molecule has 0 aromatic heterocycles.